The van der Waals surface area contributed by atoms with Crippen molar-refractivity contribution in [1.29, 1.82) is 0 Å². The highest BCUT2D eigenvalue weighted by Crippen LogP contribution is 2.39. The standard InChI is InChI=1S/C22H27F3N4O2S/c1-3-32(2,31)29-13-10-17-19(14-29)26-27-20(17)21(30)28-11-8-15(9-12-28)16-6-4-5-7-18(16)22(23,24)25/h4-7,15H,2-3,8-14H2,1H3,(H,26,27). The number of nitrogens with zero attached hydrogens (tertiary/aromatic N) is 3. The smallest absolute Gasteiger partial charge is 0.337 e. The summed E-state index contributed by atoms with van der Waals surface area (Å²) in [5.41, 5.74) is 1.68. The first-order valence-electron chi connectivity index (χ1n) is 10.7. The summed E-state index contributed by atoms with van der Waals surface area (Å²) in [6, 6.07) is 5.69. The van der Waals surface area contributed by atoms with Gasteiger partial charge in [-0.1, -0.05) is 25.1 Å². The number of likely N-dealkylation sites (tertiary alicyclic amines) is 1. The predicted octanol–water partition coefficient (Wildman–Crippen LogP) is 3.46. The number of carbonyl (C=O) groups is 1. The van der Waals surface area contributed by atoms with Crippen molar-refractivity contribution >= 4 is 21.5 Å². The van der Waals surface area contributed by atoms with Crippen molar-refractivity contribution in [2.75, 3.05) is 25.4 Å². The Kier molecular flexibility index (Phi) is 6.10. The molecule has 32 heavy (non-hydrogen) atoms. The molecule has 2 aliphatic rings. The predicted molar refractivity (Wildman–Crippen MR) is 118 cm³/mol. The zero-order valence-corrected chi connectivity index (χ0v) is 18.8. The number of amides is 1. The van der Waals surface area contributed by atoms with E-state index in [1.807, 2.05) is 11.2 Å². The lowest BCUT2D eigenvalue weighted by Crippen LogP contribution is -2.40. The minimum absolute atomic E-state index is 0.204. The topological polar surface area (TPSA) is 69.3 Å². The molecule has 2 aromatic rings. The summed E-state index contributed by atoms with van der Waals surface area (Å²) in [4.78, 5) is 14.8. The summed E-state index contributed by atoms with van der Waals surface area (Å²) < 4.78 is 54.5. The number of H-pyrrole nitrogens is 1. The quantitative estimate of drug-likeness (QED) is 0.699. The summed E-state index contributed by atoms with van der Waals surface area (Å²) in [5, 5.41) is 7.15. The van der Waals surface area contributed by atoms with Crippen LogP contribution in [-0.4, -0.2) is 60.8 Å². The summed E-state index contributed by atoms with van der Waals surface area (Å²) in [5.74, 6) is 3.84. The molecule has 0 aliphatic carbocycles. The number of piperidine rings is 1. The molecule has 1 N–H and O–H groups in total. The zero-order valence-electron chi connectivity index (χ0n) is 18.0. The van der Waals surface area contributed by atoms with Crippen LogP contribution in [0.2, 0.25) is 0 Å². The van der Waals surface area contributed by atoms with Gasteiger partial charge in [0.1, 0.15) is 0 Å². The third-order valence-corrected chi connectivity index (χ3v) is 8.67. The van der Waals surface area contributed by atoms with Gasteiger partial charge >= 0.3 is 6.18 Å². The number of rotatable bonds is 4. The molecule has 10 heteroatoms. The molecule has 2 aliphatic heterocycles. The van der Waals surface area contributed by atoms with Gasteiger partial charge in [-0.3, -0.25) is 14.1 Å². The highest BCUT2D eigenvalue weighted by Gasteiger charge is 2.37. The number of fused-ring (bicyclic) bond motifs is 1. The molecular weight excluding hydrogens is 441 g/mol. The largest absolute Gasteiger partial charge is 0.416 e. The lowest BCUT2D eigenvalue weighted by Gasteiger charge is -2.33. The fraction of sp³-hybridized carbons (Fsp3) is 0.500. The molecule has 0 bridgehead atoms. The van der Waals surface area contributed by atoms with Crippen molar-refractivity contribution in [3.05, 3.63) is 52.3 Å². The van der Waals surface area contributed by atoms with Gasteiger partial charge in [-0.05, 0) is 42.7 Å². The number of alkyl halides is 3. The summed E-state index contributed by atoms with van der Waals surface area (Å²) in [7, 11) is -2.33. The Morgan fingerprint density at radius 1 is 1.25 bits per heavy atom. The van der Waals surface area contributed by atoms with Crippen molar-refractivity contribution < 1.29 is 22.2 Å². The number of hydrogen-bond acceptors (Lipinski definition) is 3. The number of carbonyl (C=O) groups excluding carboxylic acids is 1. The van der Waals surface area contributed by atoms with E-state index in [-0.39, 0.29) is 11.8 Å². The van der Waals surface area contributed by atoms with Crippen molar-refractivity contribution in [2.24, 2.45) is 0 Å². The second kappa shape index (κ2) is 8.55. The van der Waals surface area contributed by atoms with Crippen LogP contribution in [-0.2, 0) is 28.8 Å². The highest BCUT2D eigenvalue weighted by atomic mass is 32.2. The molecule has 0 spiro atoms. The van der Waals surface area contributed by atoms with Crippen LogP contribution in [0.3, 0.4) is 0 Å². The highest BCUT2D eigenvalue weighted by molar-refractivity contribution is 7.98. The summed E-state index contributed by atoms with van der Waals surface area (Å²) in [6.45, 7) is 3.54. The van der Waals surface area contributed by atoms with Gasteiger partial charge in [-0.2, -0.15) is 18.3 Å². The van der Waals surface area contributed by atoms with Crippen LogP contribution in [0.25, 0.3) is 0 Å². The Labute approximate surface area is 185 Å². The summed E-state index contributed by atoms with van der Waals surface area (Å²) in [6.07, 6.45) is -2.89. The zero-order chi connectivity index (χ0) is 23.1. The van der Waals surface area contributed by atoms with Crippen molar-refractivity contribution in [2.45, 2.75) is 44.8 Å². The lowest BCUT2D eigenvalue weighted by molar-refractivity contribution is -0.138. The maximum Gasteiger partial charge on any atom is 0.416 e. The van der Waals surface area contributed by atoms with Crippen molar-refractivity contribution in [3.8, 4) is 0 Å². The molecule has 1 aromatic carbocycles. The van der Waals surface area contributed by atoms with Gasteiger partial charge in [0.25, 0.3) is 5.91 Å². The van der Waals surface area contributed by atoms with E-state index in [1.54, 1.807) is 11.0 Å². The van der Waals surface area contributed by atoms with Crippen molar-refractivity contribution in [3.63, 3.8) is 0 Å². The molecule has 6 nitrogen and oxygen atoms in total. The Bertz CT molecular complexity index is 1100. The number of aromatic nitrogens is 2. The van der Waals surface area contributed by atoms with Crippen LogP contribution in [0.1, 0.15) is 58.6 Å². The van der Waals surface area contributed by atoms with Crippen molar-refractivity contribution in [1.82, 2.24) is 19.4 Å². The molecule has 174 valence electrons. The average molecular weight is 469 g/mol. The van der Waals surface area contributed by atoms with Gasteiger partial charge in [0.05, 0.1) is 17.8 Å². The first kappa shape index (κ1) is 22.8. The van der Waals surface area contributed by atoms with Crippen LogP contribution in [0.15, 0.2) is 24.3 Å². The second-order valence-corrected chi connectivity index (χ2v) is 11.0. The van der Waals surface area contributed by atoms with E-state index in [0.717, 1.165) is 17.3 Å². The third kappa shape index (κ3) is 4.30. The molecule has 1 atom stereocenters. The van der Waals surface area contributed by atoms with E-state index in [9.17, 15) is 22.2 Å². The van der Waals surface area contributed by atoms with E-state index >= 15 is 0 Å². The van der Waals surface area contributed by atoms with Gasteiger partial charge in [-0.25, -0.2) is 4.31 Å². The number of benzene rings is 1. The van der Waals surface area contributed by atoms with E-state index < -0.39 is 21.4 Å². The molecule has 1 fully saturated rings. The fourth-order valence-corrected chi connectivity index (χ4v) is 5.74. The second-order valence-electron chi connectivity index (χ2n) is 8.36. The molecule has 1 unspecified atom stereocenters. The van der Waals surface area contributed by atoms with Crippen LogP contribution >= 0.6 is 0 Å². The summed E-state index contributed by atoms with van der Waals surface area (Å²) >= 11 is 0. The number of halogens is 3. The molecule has 0 saturated carbocycles. The Balaban J connectivity index is 1.45. The lowest BCUT2D eigenvalue weighted by atomic mass is 9.86. The Hall–Kier alpha value is -2.33. The number of hydrogen-bond donors (Lipinski definition) is 1. The Morgan fingerprint density at radius 3 is 2.59 bits per heavy atom. The SMILES string of the molecule is C=S(=O)(CC)N1CCc2c(C(=O)N3CCC(c4ccccc4C(F)(F)F)CC3)n[nH]c2C1. The minimum Gasteiger partial charge on any atom is -0.337 e. The first-order valence-corrected chi connectivity index (χ1v) is 12.6. The van der Waals surface area contributed by atoms with Gasteiger partial charge in [-0.15, -0.1) is 0 Å². The normalized spacial score (nSPS) is 20.1. The fourth-order valence-electron chi connectivity index (χ4n) is 4.59. The van der Waals surface area contributed by atoms with Gasteiger partial charge in [0.15, 0.2) is 5.69 Å². The maximum atomic E-state index is 13.4. The number of aromatic amines is 1. The molecule has 0 radical (unpaired) electrons. The van der Waals surface area contributed by atoms with E-state index in [1.165, 1.54) is 12.1 Å². The molecule has 1 saturated heterocycles. The number of nitrogens with one attached hydrogen (secondary N) is 1. The molecule has 4 rings (SSSR count). The minimum atomic E-state index is -4.39. The van der Waals surface area contributed by atoms with E-state index in [2.05, 4.69) is 16.1 Å². The third-order valence-electron chi connectivity index (χ3n) is 6.51. The molecule has 3 heterocycles. The molecule has 1 aromatic heterocycles. The van der Waals surface area contributed by atoms with Gasteiger partial charge in [0, 0.05) is 40.7 Å². The molecular formula is C22H27F3N4O2S. The molecule has 1 amide bonds. The van der Waals surface area contributed by atoms with Gasteiger partial charge in [0.2, 0.25) is 0 Å². The van der Waals surface area contributed by atoms with Crippen LogP contribution in [0.5, 0.6) is 0 Å². The maximum absolute atomic E-state index is 13.4. The van der Waals surface area contributed by atoms with Gasteiger partial charge < -0.3 is 4.90 Å². The van der Waals surface area contributed by atoms with Crippen LogP contribution in [0.4, 0.5) is 13.2 Å². The average Bonchev–Trinajstić information content (AvgIpc) is 3.21. The van der Waals surface area contributed by atoms with E-state index in [0.29, 0.717) is 62.5 Å². The van der Waals surface area contributed by atoms with E-state index in [4.69, 9.17) is 0 Å². The first-order chi connectivity index (χ1) is 15.1. The van der Waals surface area contributed by atoms with Crippen LogP contribution < -0.4 is 0 Å². The van der Waals surface area contributed by atoms with Crippen LogP contribution in [0, 0.1) is 0 Å². The Morgan fingerprint density at radius 2 is 1.94 bits per heavy atom. The monoisotopic (exact) mass is 468 g/mol.